The van der Waals surface area contributed by atoms with E-state index in [-0.39, 0.29) is 6.09 Å². The van der Waals surface area contributed by atoms with Crippen LogP contribution in [0.3, 0.4) is 0 Å². The van der Waals surface area contributed by atoms with Crippen LogP contribution in [0.5, 0.6) is 0 Å². The van der Waals surface area contributed by atoms with Crippen LogP contribution in [-0.2, 0) is 4.74 Å². The third-order valence-electron chi connectivity index (χ3n) is 5.56. The molecule has 1 aliphatic heterocycles. The highest BCUT2D eigenvalue weighted by Gasteiger charge is 2.49. The van der Waals surface area contributed by atoms with Crippen molar-refractivity contribution in [3.8, 4) is 0 Å². The van der Waals surface area contributed by atoms with E-state index in [2.05, 4.69) is 31.2 Å². The van der Waals surface area contributed by atoms with Gasteiger partial charge in [0, 0.05) is 13.1 Å². The molecule has 0 aromatic heterocycles. The first kappa shape index (κ1) is 16.4. The molecule has 1 aromatic rings. The van der Waals surface area contributed by atoms with Gasteiger partial charge >= 0.3 is 6.09 Å². The number of hydrogen-bond donors (Lipinski definition) is 0. The molecule has 126 valence electrons. The highest BCUT2D eigenvalue weighted by Crippen LogP contribution is 2.58. The maximum absolute atomic E-state index is 12.2. The highest BCUT2D eigenvalue weighted by molar-refractivity contribution is 5.68. The van der Waals surface area contributed by atoms with E-state index in [9.17, 15) is 4.79 Å². The van der Waals surface area contributed by atoms with Crippen LogP contribution in [0.2, 0.25) is 0 Å². The Hall–Kier alpha value is -1.51. The van der Waals surface area contributed by atoms with Crippen molar-refractivity contribution in [1.29, 1.82) is 0 Å². The monoisotopic (exact) mass is 315 g/mol. The van der Waals surface area contributed by atoms with Gasteiger partial charge in [-0.15, -0.1) is 0 Å². The van der Waals surface area contributed by atoms with E-state index in [1.165, 1.54) is 24.0 Å². The molecule has 2 fully saturated rings. The Labute approximate surface area is 140 Å². The lowest BCUT2D eigenvalue weighted by molar-refractivity contribution is -0.0166. The van der Waals surface area contributed by atoms with Gasteiger partial charge in [-0.05, 0) is 70.3 Å². The van der Waals surface area contributed by atoms with Crippen molar-refractivity contribution in [2.75, 3.05) is 13.1 Å². The van der Waals surface area contributed by atoms with Crippen LogP contribution in [-0.4, -0.2) is 29.7 Å². The summed E-state index contributed by atoms with van der Waals surface area (Å²) in [5.41, 5.74) is 2.80. The number of carbonyl (C=O) groups excluding carboxylic acids is 1. The molecule has 1 amide bonds. The molecule has 1 atom stereocenters. The molecule has 3 heteroatoms. The molecule has 1 aliphatic carbocycles. The van der Waals surface area contributed by atoms with Gasteiger partial charge in [0.1, 0.15) is 5.60 Å². The molecule has 0 N–H and O–H groups in total. The summed E-state index contributed by atoms with van der Waals surface area (Å²) in [6, 6.07) is 9.02. The summed E-state index contributed by atoms with van der Waals surface area (Å²) >= 11 is 0. The number of amides is 1. The van der Waals surface area contributed by atoms with E-state index in [1.807, 2.05) is 25.7 Å². The molecule has 1 unspecified atom stereocenters. The Bertz CT molecular complexity index is 562. The molecule has 2 aliphatic rings. The fourth-order valence-electron chi connectivity index (χ4n) is 4.08. The van der Waals surface area contributed by atoms with Gasteiger partial charge in [0.2, 0.25) is 0 Å². The van der Waals surface area contributed by atoms with Crippen LogP contribution < -0.4 is 0 Å². The van der Waals surface area contributed by atoms with E-state index in [1.54, 1.807) is 0 Å². The van der Waals surface area contributed by atoms with Crippen molar-refractivity contribution >= 4 is 6.09 Å². The lowest BCUT2D eigenvalue weighted by Crippen LogP contribution is -2.50. The van der Waals surface area contributed by atoms with Gasteiger partial charge in [-0.3, -0.25) is 0 Å². The number of aryl methyl sites for hydroxylation is 1. The summed E-state index contributed by atoms with van der Waals surface area (Å²) in [5.74, 6) is 0.670. The molecule has 1 aromatic carbocycles. The maximum atomic E-state index is 12.2. The minimum Gasteiger partial charge on any atom is -0.444 e. The highest BCUT2D eigenvalue weighted by atomic mass is 16.6. The van der Waals surface area contributed by atoms with Crippen molar-refractivity contribution in [3.05, 3.63) is 35.4 Å². The molecule has 1 heterocycles. The smallest absolute Gasteiger partial charge is 0.410 e. The van der Waals surface area contributed by atoms with E-state index in [0.717, 1.165) is 25.9 Å². The lowest BCUT2D eigenvalue weighted by Gasteiger charge is -2.54. The van der Waals surface area contributed by atoms with E-state index in [0.29, 0.717) is 11.3 Å². The summed E-state index contributed by atoms with van der Waals surface area (Å²) < 4.78 is 5.51. The van der Waals surface area contributed by atoms with Crippen LogP contribution in [0.1, 0.15) is 63.5 Å². The van der Waals surface area contributed by atoms with E-state index >= 15 is 0 Å². The van der Waals surface area contributed by atoms with Crippen molar-refractivity contribution in [3.63, 3.8) is 0 Å². The maximum Gasteiger partial charge on any atom is 0.410 e. The van der Waals surface area contributed by atoms with Crippen molar-refractivity contribution in [1.82, 2.24) is 4.90 Å². The normalized spacial score (nSPS) is 23.5. The molecular formula is C20H29NO2. The number of ether oxygens (including phenoxy) is 1. The predicted octanol–water partition coefficient (Wildman–Crippen LogP) is 4.89. The topological polar surface area (TPSA) is 29.5 Å². The third-order valence-corrected chi connectivity index (χ3v) is 5.56. The van der Waals surface area contributed by atoms with Crippen LogP contribution >= 0.6 is 0 Å². The zero-order valence-electron chi connectivity index (χ0n) is 14.9. The van der Waals surface area contributed by atoms with Gasteiger partial charge in [0.25, 0.3) is 0 Å². The fourth-order valence-corrected chi connectivity index (χ4v) is 4.08. The Morgan fingerprint density at radius 1 is 1.13 bits per heavy atom. The van der Waals surface area contributed by atoms with Gasteiger partial charge in [0.15, 0.2) is 0 Å². The summed E-state index contributed by atoms with van der Waals surface area (Å²) in [6.45, 7) is 9.58. The number of hydrogen-bond acceptors (Lipinski definition) is 2. The average Bonchev–Trinajstić information content (AvgIpc) is 2.47. The fraction of sp³-hybridized carbons (Fsp3) is 0.650. The average molecular weight is 315 g/mol. The van der Waals surface area contributed by atoms with Crippen molar-refractivity contribution in [2.45, 2.75) is 64.9 Å². The first-order chi connectivity index (χ1) is 10.8. The Balaban J connectivity index is 1.62. The molecule has 1 spiro atoms. The predicted molar refractivity (Wildman–Crippen MR) is 92.6 cm³/mol. The second-order valence-electron chi connectivity index (χ2n) is 8.33. The van der Waals surface area contributed by atoms with Gasteiger partial charge in [-0.1, -0.05) is 29.8 Å². The molecule has 1 saturated heterocycles. The number of benzene rings is 1. The Morgan fingerprint density at radius 2 is 1.74 bits per heavy atom. The van der Waals surface area contributed by atoms with Crippen molar-refractivity contribution < 1.29 is 9.53 Å². The molecule has 0 bridgehead atoms. The molecular weight excluding hydrogens is 286 g/mol. The standard InChI is InChI=1S/C20H29NO2/c1-15-5-7-16(8-6-15)17-9-10-20(17)11-13-21(14-12-20)18(22)23-19(2,3)4/h5-8,17H,9-14H2,1-4H3. The number of rotatable bonds is 1. The number of likely N-dealkylation sites (tertiary alicyclic amines) is 1. The summed E-state index contributed by atoms with van der Waals surface area (Å²) in [6.07, 6.45) is 4.64. The number of nitrogens with zero attached hydrogens (tertiary/aromatic N) is 1. The zero-order chi connectivity index (χ0) is 16.7. The molecule has 23 heavy (non-hydrogen) atoms. The lowest BCUT2D eigenvalue weighted by atomic mass is 9.53. The van der Waals surface area contributed by atoms with Gasteiger partial charge in [-0.2, -0.15) is 0 Å². The molecule has 1 saturated carbocycles. The van der Waals surface area contributed by atoms with Gasteiger partial charge < -0.3 is 9.64 Å². The molecule has 3 rings (SSSR count). The van der Waals surface area contributed by atoms with E-state index in [4.69, 9.17) is 4.74 Å². The zero-order valence-corrected chi connectivity index (χ0v) is 14.9. The number of piperidine rings is 1. The summed E-state index contributed by atoms with van der Waals surface area (Å²) in [4.78, 5) is 14.1. The molecule has 0 radical (unpaired) electrons. The van der Waals surface area contributed by atoms with Crippen molar-refractivity contribution in [2.24, 2.45) is 5.41 Å². The van der Waals surface area contributed by atoms with Crippen LogP contribution in [0.4, 0.5) is 4.79 Å². The number of carbonyl (C=O) groups is 1. The Morgan fingerprint density at radius 3 is 2.22 bits per heavy atom. The van der Waals surface area contributed by atoms with Gasteiger partial charge in [0.05, 0.1) is 0 Å². The van der Waals surface area contributed by atoms with Crippen LogP contribution in [0.15, 0.2) is 24.3 Å². The quantitative estimate of drug-likeness (QED) is 0.738. The third kappa shape index (κ3) is 3.39. The second kappa shape index (κ2) is 5.85. The van der Waals surface area contributed by atoms with Crippen LogP contribution in [0.25, 0.3) is 0 Å². The summed E-state index contributed by atoms with van der Waals surface area (Å²) in [5, 5.41) is 0. The molecule has 3 nitrogen and oxygen atoms in total. The first-order valence-electron chi connectivity index (χ1n) is 8.84. The van der Waals surface area contributed by atoms with E-state index < -0.39 is 5.60 Å². The van der Waals surface area contributed by atoms with Gasteiger partial charge in [-0.25, -0.2) is 4.79 Å². The largest absolute Gasteiger partial charge is 0.444 e. The summed E-state index contributed by atoms with van der Waals surface area (Å²) in [7, 11) is 0. The Kier molecular flexibility index (Phi) is 4.16. The first-order valence-corrected chi connectivity index (χ1v) is 8.84. The minimum absolute atomic E-state index is 0.154. The van der Waals surface area contributed by atoms with Crippen LogP contribution in [0, 0.1) is 12.3 Å². The SMILES string of the molecule is Cc1ccc(C2CCC23CCN(C(=O)OC(C)(C)C)CC3)cc1. The minimum atomic E-state index is -0.410. The second-order valence-corrected chi connectivity index (χ2v) is 8.33.